The van der Waals surface area contributed by atoms with Gasteiger partial charge < -0.3 is 20.5 Å². The number of anilines is 1. The lowest BCUT2D eigenvalue weighted by atomic mass is 10.1. The first-order valence-electron chi connectivity index (χ1n) is 11.1. The van der Waals surface area contributed by atoms with Crippen LogP contribution in [0.3, 0.4) is 0 Å². The molecule has 0 radical (unpaired) electrons. The van der Waals surface area contributed by atoms with Crippen molar-refractivity contribution in [2.24, 2.45) is 0 Å². The molecule has 0 fully saturated rings. The van der Waals surface area contributed by atoms with Crippen molar-refractivity contribution in [3.05, 3.63) is 141 Å². The Labute approximate surface area is 209 Å². The van der Waals surface area contributed by atoms with Crippen LogP contribution in [0, 0.1) is 0 Å². The molecule has 176 valence electrons. The van der Waals surface area contributed by atoms with Crippen molar-refractivity contribution in [2.75, 3.05) is 5.32 Å². The topological polar surface area (TPSA) is 77.2 Å². The Bertz CT molecular complexity index is 1400. The van der Waals surface area contributed by atoms with Gasteiger partial charge in [-0.3, -0.25) is 9.59 Å². The maximum atomic E-state index is 12.5. The Morgan fingerprint density at radius 1 is 1.11 bits per heavy atom. The van der Waals surface area contributed by atoms with E-state index in [1.54, 1.807) is 30.5 Å². The van der Waals surface area contributed by atoms with Gasteiger partial charge in [-0.25, -0.2) is 0 Å². The molecule has 0 spiro atoms. The third kappa shape index (κ3) is 5.62. The van der Waals surface area contributed by atoms with Crippen LogP contribution in [-0.4, -0.2) is 15.8 Å². The molecule has 1 aromatic heterocycles. The van der Waals surface area contributed by atoms with Gasteiger partial charge in [-0.15, -0.1) is 0 Å². The second kappa shape index (κ2) is 10.8. The number of aromatic nitrogens is 1. The second-order valence-electron chi connectivity index (χ2n) is 7.85. The van der Waals surface area contributed by atoms with Crippen LogP contribution in [-0.2, 0) is 6.54 Å². The number of nitrogens with zero attached hydrogens (tertiary/aromatic N) is 1. The molecule has 1 aliphatic rings. The smallest absolute Gasteiger partial charge is 0.251 e. The molecule has 0 saturated carbocycles. The molecule has 4 rings (SSSR count). The standard InChI is InChI=1S/C28H25ClN4O2/c1-3-16-33-19(2)25(12-13-26(33)21-14-15-30-27(34)17-21)32-23-10-8-20(9-11-23)28(35)31-18-22-6-4-5-7-24(22)29/h3-17,32H,2,18H2,1H3,(H,30,34)(H,31,35)/b16-3-. The van der Waals surface area contributed by atoms with E-state index >= 15 is 0 Å². The molecule has 0 unspecified atom stereocenters. The van der Waals surface area contributed by atoms with Crippen LogP contribution in [0.5, 0.6) is 0 Å². The van der Waals surface area contributed by atoms with Crippen molar-refractivity contribution in [1.29, 1.82) is 0 Å². The van der Waals surface area contributed by atoms with Crippen LogP contribution in [0.15, 0.2) is 114 Å². The maximum Gasteiger partial charge on any atom is 0.251 e. The van der Waals surface area contributed by atoms with E-state index in [4.69, 9.17) is 11.6 Å². The first-order chi connectivity index (χ1) is 17.0. The summed E-state index contributed by atoms with van der Waals surface area (Å²) in [5, 5.41) is 6.87. The van der Waals surface area contributed by atoms with Gasteiger partial charge in [0.25, 0.3) is 5.91 Å². The summed E-state index contributed by atoms with van der Waals surface area (Å²) < 4.78 is 0. The van der Waals surface area contributed by atoms with E-state index < -0.39 is 0 Å². The second-order valence-corrected chi connectivity index (χ2v) is 8.26. The number of carbonyl (C=O) groups excluding carboxylic acids is 1. The van der Waals surface area contributed by atoms with E-state index in [9.17, 15) is 9.59 Å². The maximum absolute atomic E-state index is 12.5. The van der Waals surface area contributed by atoms with Gasteiger partial charge in [0.2, 0.25) is 5.56 Å². The van der Waals surface area contributed by atoms with Crippen molar-refractivity contribution in [3.8, 4) is 0 Å². The highest BCUT2D eigenvalue weighted by Gasteiger charge is 2.20. The van der Waals surface area contributed by atoms with Gasteiger partial charge in [-0.2, -0.15) is 0 Å². The van der Waals surface area contributed by atoms with E-state index in [-0.39, 0.29) is 11.5 Å². The molecule has 2 heterocycles. The minimum Gasteiger partial charge on any atom is -0.354 e. The molecule has 35 heavy (non-hydrogen) atoms. The number of hydrogen-bond acceptors (Lipinski definition) is 4. The fourth-order valence-corrected chi connectivity index (χ4v) is 3.87. The third-order valence-corrected chi connectivity index (χ3v) is 5.83. The summed E-state index contributed by atoms with van der Waals surface area (Å²) in [6.45, 7) is 6.51. The number of aromatic amines is 1. The molecule has 7 heteroatoms. The van der Waals surface area contributed by atoms with E-state index in [1.807, 2.05) is 72.6 Å². The monoisotopic (exact) mass is 484 g/mol. The summed E-state index contributed by atoms with van der Waals surface area (Å²) >= 11 is 6.16. The lowest BCUT2D eigenvalue weighted by Gasteiger charge is -2.30. The zero-order valence-electron chi connectivity index (χ0n) is 19.2. The lowest BCUT2D eigenvalue weighted by molar-refractivity contribution is 0.0951. The SMILES string of the molecule is C=C1C(Nc2ccc(C(=O)NCc3ccccc3Cl)cc2)=CC=C(c2cc[nH]c(=O)c2)N1/C=C\C. The van der Waals surface area contributed by atoms with Crippen LogP contribution >= 0.6 is 11.6 Å². The average Bonchev–Trinajstić information content (AvgIpc) is 2.86. The molecule has 6 nitrogen and oxygen atoms in total. The Hall–Kier alpha value is -4.29. The zero-order chi connectivity index (χ0) is 24.8. The predicted molar refractivity (Wildman–Crippen MR) is 142 cm³/mol. The van der Waals surface area contributed by atoms with Crippen molar-refractivity contribution < 1.29 is 4.79 Å². The Balaban J connectivity index is 1.47. The predicted octanol–water partition coefficient (Wildman–Crippen LogP) is 5.66. The summed E-state index contributed by atoms with van der Waals surface area (Å²) in [5.74, 6) is -0.178. The molecule has 0 saturated heterocycles. The Morgan fingerprint density at radius 2 is 1.89 bits per heavy atom. The Kier molecular flexibility index (Phi) is 7.33. The normalized spacial score (nSPS) is 13.4. The highest BCUT2D eigenvalue weighted by Crippen LogP contribution is 2.31. The van der Waals surface area contributed by atoms with Gasteiger partial charge in [-0.05, 0) is 61.0 Å². The minimum atomic E-state index is -0.178. The van der Waals surface area contributed by atoms with Gasteiger partial charge in [0.1, 0.15) is 0 Å². The third-order valence-electron chi connectivity index (χ3n) is 5.46. The molecule has 2 aromatic carbocycles. The van der Waals surface area contributed by atoms with Crippen molar-refractivity contribution in [3.63, 3.8) is 0 Å². The van der Waals surface area contributed by atoms with Gasteiger partial charge in [-0.1, -0.05) is 42.5 Å². The average molecular weight is 485 g/mol. The van der Waals surface area contributed by atoms with Crippen LogP contribution < -0.4 is 16.2 Å². The highest BCUT2D eigenvalue weighted by molar-refractivity contribution is 6.31. The summed E-state index contributed by atoms with van der Waals surface area (Å²) in [7, 11) is 0. The van der Waals surface area contributed by atoms with Crippen LogP contribution in [0.1, 0.15) is 28.4 Å². The number of benzene rings is 2. The Morgan fingerprint density at radius 3 is 2.60 bits per heavy atom. The quantitative estimate of drug-likeness (QED) is 0.404. The molecule has 0 bridgehead atoms. The number of nitrogens with one attached hydrogen (secondary N) is 3. The number of hydrogen-bond donors (Lipinski definition) is 3. The molecule has 3 N–H and O–H groups in total. The summed E-state index contributed by atoms with van der Waals surface area (Å²) in [4.78, 5) is 28.9. The van der Waals surface area contributed by atoms with Crippen LogP contribution in [0.2, 0.25) is 5.02 Å². The molecular formula is C28H25ClN4O2. The number of pyridine rings is 1. The van der Waals surface area contributed by atoms with E-state index in [2.05, 4.69) is 22.2 Å². The number of halogens is 1. The number of H-pyrrole nitrogens is 1. The molecule has 1 amide bonds. The number of amides is 1. The van der Waals surface area contributed by atoms with Crippen molar-refractivity contribution in [1.82, 2.24) is 15.2 Å². The fourth-order valence-electron chi connectivity index (χ4n) is 3.67. The molecular weight excluding hydrogens is 460 g/mol. The van der Waals surface area contributed by atoms with Crippen molar-refractivity contribution in [2.45, 2.75) is 13.5 Å². The van der Waals surface area contributed by atoms with E-state index in [1.165, 1.54) is 0 Å². The van der Waals surface area contributed by atoms with Gasteiger partial charge in [0.05, 0.1) is 17.1 Å². The molecule has 0 aliphatic carbocycles. The van der Waals surface area contributed by atoms with Gasteiger partial charge in [0, 0.05) is 46.8 Å². The van der Waals surface area contributed by atoms with Gasteiger partial charge in [0.15, 0.2) is 0 Å². The largest absolute Gasteiger partial charge is 0.354 e. The number of rotatable bonds is 7. The molecule has 3 aromatic rings. The fraction of sp³-hybridized carbons (Fsp3) is 0.0714. The highest BCUT2D eigenvalue weighted by atomic mass is 35.5. The van der Waals surface area contributed by atoms with Crippen LogP contribution in [0.4, 0.5) is 5.69 Å². The number of allylic oxidation sites excluding steroid dienone is 3. The first-order valence-corrected chi connectivity index (χ1v) is 11.4. The molecule has 0 atom stereocenters. The van der Waals surface area contributed by atoms with Crippen molar-refractivity contribution >= 4 is 28.9 Å². The summed E-state index contributed by atoms with van der Waals surface area (Å²) in [6.07, 6.45) is 9.28. The number of carbonyl (C=O) groups is 1. The van der Waals surface area contributed by atoms with Crippen LogP contribution in [0.25, 0.3) is 5.70 Å². The van der Waals surface area contributed by atoms with E-state index in [0.717, 1.165) is 33.9 Å². The summed E-state index contributed by atoms with van der Waals surface area (Å²) in [5.41, 5.74) is 5.21. The first kappa shape index (κ1) is 23.9. The van der Waals surface area contributed by atoms with E-state index in [0.29, 0.717) is 17.1 Å². The zero-order valence-corrected chi connectivity index (χ0v) is 20.0. The van der Waals surface area contributed by atoms with Gasteiger partial charge >= 0.3 is 0 Å². The minimum absolute atomic E-state index is 0.168. The lowest BCUT2D eigenvalue weighted by Crippen LogP contribution is -2.23. The molecule has 1 aliphatic heterocycles. The summed E-state index contributed by atoms with van der Waals surface area (Å²) in [6, 6.07) is 18.0.